The molecule has 0 spiro atoms. The number of nitrogens with zero attached hydrogens (tertiary/aromatic N) is 3. The van der Waals surface area contributed by atoms with E-state index in [1.54, 1.807) is 0 Å². The Morgan fingerprint density at radius 2 is 2.04 bits per heavy atom. The van der Waals surface area contributed by atoms with Crippen LogP contribution in [0.1, 0.15) is 38.5 Å². The summed E-state index contributed by atoms with van der Waals surface area (Å²) in [5, 5.41) is 14.9. The van der Waals surface area contributed by atoms with Crippen molar-refractivity contribution in [1.29, 1.82) is 0 Å². The average Bonchev–Trinajstić information content (AvgIpc) is 3.12. The van der Waals surface area contributed by atoms with Gasteiger partial charge in [-0.05, 0) is 43.0 Å². The Morgan fingerprint density at radius 3 is 2.59 bits per heavy atom. The van der Waals surface area contributed by atoms with Crippen LogP contribution in [0.15, 0.2) is 22.5 Å². The van der Waals surface area contributed by atoms with Crippen LogP contribution in [0.4, 0.5) is 0 Å². The highest BCUT2D eigenvalue weighted by atomic mass is 127. The minimum atomic E-state index is 0. The number of aliphatic imine (C=N–C) groups is 1. The predicted octanol–water partition coefficient (Wildman–Crippen LogP) is 3.49. The number of hydrogen-bond acceptors (Lipinski definition) is 4. The van der Waals surface area contributed by atoms with E-state index in [1.165, 1.54) is 4.88 Å². The van der Waals surface area contributed by atoms with Gasteiger partial charge in [0.1, 0.15) is 0 Å². The second-order valence-corrected chi connectivity index (χ2v) is 8.58. The molecule has 2 N–H and O–H groups in total. The largest absolute Gasteiger partial charge is 0.396 e. The Kier molecular flexibility index (Phi) is 12.5. The first-order chi connectivity index (χ1) is 12.6. The number of hydrogen-bond donors (Lipinski definition) is 2. The molecule has 1 unspecified atom stereocenters. The monoisotopic (exact) mass is 508 g/mol. The van der Waals surface area contributed by atoms with Gasteiger partial charge in [-0.25, -0.2) is 0 Å². The number of aliphatic hydroxyl groups is 1. The van der Waals surface area contributed by atoms with E-state index in [4.69, 9.17) is 4.99 Å². The molecule has 0 radical (unpaired) electrons. The summed E-state index contributed by atoms with van der Waals surface area (Å²) in [6.45, 7) is 13.8. The van der Waals surface area contributed by atoms with E-state index in [1.807, 2.05) is 11.3 Å². The van der Waals surface area contributed by atoms with Crippen molar-refractivity contribution in [2.45, 2.75) is 40.2 Å². The molecule has 5 nitrogen and oxygen atoms in total. The number of piperazine rings is 1. The van der Waals surface area contributed by atoms with Gasteiger partial charge in [0.15, 0.2) is 5.96 Å². The Morgan fingerprint density at radius 1 is 1.30 bits per heavy atom. The van der Waals surface area contributed by atoms with Crippen LogP contribution in [0.2, 0.25) is 0 Å². The van der Waals surface area contributed by atoms with E-state index in [0.717, 1.165) is 64.6 Å². The lowest BCUT2D eigenvalue weighted by Crippen LogP contribution is -2.52. The van der Waals surface area contributed by atoms with Gasteiger partial charge < -0.3 is 15.3 Å². The van der Waals surface area contributed by atoms with Crippen LogP contribution < -0.4 is 5.32 Å². The van der Waals surface area contributed by atoms with Gasteiger partial charge in [-0.2, -0.15) is 0 Å². The summed E-state index contributed by atoms with van der Waals surface area (Å²) in [5.41, 5.74) is 0. The number of thiophene rings is 1. The van der Waals surface area contributed by atoms with Crippen LogP contribution in [-0.4, -0.2) is 66.7 Å². The molecule has 2 rings (SSSR count). The average molecular weight is 509 g/mol. The topological polar surface area (TPSA) is 51.1 Å². The minimum Gasteiger partial charge on any atom is -0.396 e. The van der Waals surface area contributed by atoms with E-state index in [0.29, 0.717) is 11.8 Å². The first-order valence-electron chi connectivity index (χ1n) is 10.0. The van der Waals surface area contributed by atoms with Crippen molar-refractivity contribution in [2.24, 2.45) is 16.8 Å². The van der Waals surface area contributed by atoms with Gasteiger partial charge in [0.05, 0.1) is 0 Å². The van der Waals surface area contributed by atoms with E-state index in [9.17, 15) is 5.11 Å². The fourth-order valence-electron chi connectivity index (χ4n) is 3.52. The molecule has 1 atom stereocenters. The molecule has 2 heterocycles. The maximum Gasteiger partial charge on any atom is 0.194 e. The molecule has 0 amide bonds. The Hall–Kier alpha value is -0.380. The maximum absolute atomic E-state index is 9.32. The summed E-state index contributed by atoms with van der Waals surface area (Å²) in [4.78, 5) is 11.3. The lowest BCUT2D eigenvalue weighted by Gasteiger charge is -2.36. The van der Waals surface area contributed by atoms with Crippen molar-refractivity contribution in [3.63, 3.8) is 0 Å². The smallest absolute Gasteiger partial charge is 0.194 e. The van der Waals surface area contributed by atoms with Gasteiger partial charge in [-0.1, -0.05) is 19.9 Å². The Bertz CT molecular complexity index is 516. The second kappa shape index (κ2) is 13.7. The molecular weight excluding hydrogens is 471 g/mol. The first kappa shape index (κ1) is 24.7. The fraction of sp³-hybridized carbons (Fsp3) is 0.750. The number of nitrogens with one attached hydrogen (secondary N) is 1. The van der Waals surface area contributed by atoms with Crippen LogP contribution >= 0.6 is 35.3 Å². The zero-order valence-corrected chi connectivity index (χ0v) is 20.2. The van der Waals surface area contributed by atoms with Crippen molar-refractivity contribution < 1.29 is 5.11 Å². The third-order valence-corrected chi connectivity index (χ3v) is 5.67. The highest BCUT2D eigenvalue weighted by molar-refractivity contribution is 14.0. The van der Waals surface area contributed by atoms with Gasteiger partial charge >= 0.3 is 0 Å². The summed E-state index contributed by atoms with van der Waals surface area (Å²) >= 11 is 1.84. The van der Waals surface area contributed by atoms with Crippen molar-refractivity contribution in [1.82, 2.24) is 15.1 Å². The molecule has 1 aromatic heterocycles. The molecule has 0 saturated carbocycles. The Labute approximate surface area is 186 Å². The lowest BCUT2D eigenvalue weighted by atomic mass is 9.94. The Balaban J connectivity index is 0.00000364. The molecule has 0 aliphatic carbocycles. The van der Waals surface area contributed by atoms with E-state index in [-0.39, 0.29) is 30.6 Å². The quantitative estimate of drug-likeness (QED) is 0.305. The highest BCUT2D eigenvalue weighted by Crippen LogP contribution is 2.16. The molecule has 0 bridgehead atoms. The SMILES string of the molecule is CCNC(=NCC(CCO)CC(C)C)N1CCN(Cc2cccs2)CC1.I. The van der Waals surface area contributed by atoms with Gasteiger partial charge in [0.25, 0.3) is 0 Å². The van der Waals surface area contributed by atoms with E-state index < -0.39 is 0 Å². The zero-order valence-electron chi connectivity index (χ0n) is 17.1. The molecule has 1 aliphatic heterocycles. The molecule has 156 valence electrons. The van der Waals surface area contributed by atoms with Crippen molar-refractivity contribution in [3.05, 3.63) is 22.4 Å². The van der Waals surface area contributed by atoms with Gasteiger partial charge in [0, 0.05) is 57.3 Å². The van der Waals surface area contributed by atoms with Crippen LogP contribution in [-0.2, 0) is 6.54 Å². The van der Waals surface area contributed by atoms with Crippen LogP contribution in [0.5, 0.6) is 0 Å². The third kappa shape index (κ3) is 9.11. The minimum absolute atomic E-state index is 0. The highest BCUT2D eigenvalue weighted by Gasteiger charge is 2.20. The van der Waals surface area contributed by atoms with E-state index in [2.05, 4.69) is 53.4 Å². The molecule has 1 fully saturated rings. The summed E-state index contributed by atoms with van der Waals surface area (Å²) in [6.07, 6.45) is 1.97. The summed E-state index contributed by atoms with van der Waals surface area (Å²) in [5.74, 6) is 2.15. The first-order valence-corrected chi connectivity index (χ1v) is 10.9. The molecule has 7 heteroatoms. The molecule has 27 heavy (non-hydrogen) atoms. The standard InChI is InChI=1S/C20H36N4OS.HI/c1-4-21-20(22-15-18(7-12-25)14-17(2)3)24-10-8-23(9-11-24)16-19-6-5-13-26-19;/h5-6,13,17-18,25H,4,7-12,14-16H2,1-3H3,(H,21,22);1H. The fourth-order valence-corrected chi connectivity index (χ4v) is 4.26. The van der Waals surface area contributed by atoms with Crippen LogP contribution in [0.25, 0.3) is 0 Å². The predicted molar refractivity (Wildman–Crippen MR) is 127 cm³/mol. The molecular formula is C20H37IN4OS. The van der Waals surface area contributed by atoms with Gasteiger partial charge in [0.2, 0.25) is 0 Å². The van der Waals surface area contributed by atoms with E-state index >= 15 is 0 Å². The van der Waals surface area contributed by atoms with Crippen LogP contribution in [0.3, 0.4) is 0 Å². The lowest BCUT2D eigenvalue weighted by molar-refractivity contribution is 0.173. The van der Waals surface area contributed by atoms with Crippen molar-refractivity contribution >= 4 is 41.3 Å². The van der Waals surface area contributed by atoms with Gasteiger partial charge in [-0.15, -0.1) is 35.3 Å². The summed E-state index contributed by atoms with van der Waals surface area (Å²) in [6, 6.07) is 4.35. The van der Waals surface area contributed by atoms with Crippen LogP contribution in [0, 0.1) is 11.8 Å². The normalized spacial score (nSPS) is 17.1. The molecule has 1 saturated heterocycles. The number of aliphatic hydroxyl groups excluding tert-OH is 1. The molecule has 1 aliphatic rings. The maximum atomic E-state index is 9.32. The molecule has 0 aromatic carbocycles. The van der Waals surface area contributed by atoms with Crippen molar-refractivity contribution in [2.75, 3.05) is 45.9 Å². The molecule has 1 aromatic rings. The van der Waals surface area contributed by atoms with Crippen molar-refractivity contribution in [3.8, 4) is 0 Å². The zero-order chi connectivity index (χ0) is 18.8. The number of halogens is 1. The third-order valence-electron chi connectivity index (χ3n) is 4.81. The van der Waals surface area contributed by atoms with Gasteiger partial charge in [-0.3, -0.25) is 9.89 Å². The number of guanidine groups is 1. The number of rotatable bonds is 9. The second-order valence-electron chi connectivity index (χ2n) is 7.55. The summed E-state index contributed by atoms with van der Waals surface area (Å²) in [7, 11) is 0. The summed E-state index contributed by atoms with van der Waals surface area (Å²) < 4.78 is 0.